The summed E-state index contributed by atoms with van der Waals surface area (Å²) in [5.74, 6) is 0.167. The second kappa shape index (κ2) is 3.89. The second-order valence-electron chi connectivity index (χ2n) is 0.908. The van der Waals surface area contributed by atoms with Crippen molar-refractivity contribution >= 4 is 16.7 Å². The molecule has 0 aromatic heterocycles. The van der Waals surface area contributed by atoms with E-state index in [1.807, 2.05) is 0 Å². The summed E-state index contributed by atoms with van der Waals surface area (Å²) in [6.45, 7) is 3.06. The normalized spacial score (nSPS) is 5.20. The highest BCUT2D eigenvalue weighted by Crippen LogP contribution is 1.50. The lowest BCUT2D eigenvalue weighted by atomic mass is 10.6. The molecule has 0 heterocycles. The summed E-state index contributed by atoms with van der Waals surface area (Å²) in [7, 11) is 0. The Labute approximate surface area is 36.4 Å². The lowest BCUT2D eigenvalue weighted by molar-refractivity contribution is -0.114. The van der Waals surface area contributed by atoms with Gasteiger partial charge in [-0.15, -0.1) is 0 Å². The third-order valence-electron chi connectivity index (χ3n) is 0. The van der Waals surface area contributed by atoms with Gasteiger partial charge in [-0.25, -0.2) is 0 Å². The lowest BCUT2D eigenvalue weighted by Gasteiger charge is -1.56. The van der Waals surface area contributed by atoms with Crippen molar-refractivity contribution in [2.24, 2.45) is 0 Å². The Kier molecular flexibility index (Phi) is 6.89. The zero-order valence-corrected chi connectivity index (χ0v) is 4.41. The fourth-order valence-corrected chi connectivity index (χ4v) is 0. The molecular weight excluding hydrogens is 80.1 g/mol. The van der Waals surface area contributed by atoms with Crippen LogP contribution in [0.15, 0.2) is 0 Å². The Bertz CT molecular complexity index is 29.9. The van der Waals surface area contributed by atoms with Crippen LogP contribution in [-0.2, 0) is 4.79 Å². The third-order valence-corrected chi connectivity index (χ3v) is 0. The maximum Gasteiger partial charge on any atom is 0.126 e. The minimum absolute atomic E-state index is 0. The molecule has 4 radical (unpaired) electrons. The number of hydrogen-bond acceptors (Lipinski definition) is 1. The van der Waals surface area contributed by atoms with Gasteiger partial charge in [-0.05, 0) is 13.8 Å². The highest BCUT2D eigenvalue weighted by atomic mass is 28.1. The average Bonchev–Trinajstić information content (AvgIpc) is 0.811. The zero-order chi connectivity index (χ0) is 3.58. The minimum atomic E-state index is 0. The monoisotopic (exact) mass is 86.0 g/mol. The van der Waals surface area contributed by atoms with E-state index in [1.165, 1.54) is 13.8 Å². The Morgan fingerprint density at radius 3 is 1.40 bits per heavy atom. The molecule has 0 aliphatic heterocycles. The van der Waals surface area contributed by atoms with E-state index in [9.17, 15) is 4.79 Å². The van der Waals surface area contributed by atoms with Crippen LogP contribution in [0, 0.1) is 0 Å². The molecule has 0 spiro atoms. The molecule has 0 aromatic carbocycles. The lowest BCUT2D eigenvalue weighted by Crippen LogP contribution is -1.69. The Morgan fingerprint density at radius 1 is 1.40 bits per heavy atom. The van der Waals surface area contributed by atoms with Gasteiger partial charge in [-0.1, -0.05) is 0 Å². The van der Waals surface area contributed by atoms with Crippen LogP contribution in [0.2, 0.25) is 0 Å². The summed E-state index contributed by atoms with van der Waals surface area (Å²) >= 11 is 0. The molecule has 0 atom stereocenters. The second-order valence-corrected chi connectivity index (χ2v) is 0.908. The van der Waals surface area contributed by atoms with Crippen LogP contribution < -0.4 is 0 Å². The van der Waals surface area contributed by atoms with Gasteiger partial charge in [0, 0.05) is 11.0 Å². The maximum absolute atomic E-state index is 9.44. The van der Waals surface area contributed by atoms with E-state index < -0.39 is 0 Å². The number of ketones is 1. The molecule has 1 nitrogen and oxygen atoms in total. The molecule has 0 amide bonds. The van der Waals surface area contributed by atoms with Crippen molar-refractivity contribution < 1.29 is 4.79 Å². The molecule has 0 bridgehead atoms. The number of rotatable bonds is 0. The first kappa shape index (κ1) is 8.86. The van der Waals surface area contributed by atoms with E-state index in [2.05, 4.69) is 0 Å². The van der Waals surface area contributed by atoms with E-state index in [1.54, 1.807) is 0 Å². The molecule has 28 valence electrons. The summed E-state index contributed by atoms with van der Waals surface area (Å²) in [6.07, 6.45) is 0. The van der Waals surface area contributed by atoms with Crippen LogP contribution in [0.5, 0.6) is 0 Å². The van der Waals surface area contributed by atoms with Crippen molar-refractivity contribution in [2.75, 3.05) is 0 Å². The third kappa shape index (κ3) is 1080. The Morgan fingerprint density at radius 2 is 1.40 bits per heavy atom. The number of Topliss-reactive ketones (excluding diaryl/α,β-unsaturated/α-hetero) is 1. The quantitative estimate of drug-likeness (QED) is 0.385. The first-order valence-corrected chi connectivity index (χ1v) is 1.20. The van der Waals surface area contributed by atoms with E-state index >= 15 is 0 Å². The van der Waals surface area contributed by atoms with E-state index in [4.69, 9.17) is 0 Å². The van der Waals surface area contributed by atoms with Gasteiger partial charge in [0.1, 0.15) is 5.78 Å². The van der Waals surface area contributed by atoms with E-state index in [0.717, 1.165) is 0 Å². The molecule has 0 saturated carbocycles. The Hall–Kier alpha value is -0.113. The highest BCUT2D eigenvalue weighted by molar-refractivity contribution is 5.75. The molecule has 0 aliphatic carbocycles. The minimum Gasteiger partial charge on any atom is -0.300 e. The van der Waals surface area contributed by atoms with Gasteiger partial charge in [0.2, 0.25) is 0 Å². The van der Waals surface area contributed by atoms with Crippen molar-refractivity contribution in [2.45, 2.75) is 13.8 Å². The fourth-order valence-electron chi connectivity index (χ4n) is 0. The van der Waals surface area contributed by atoms with Crippen LogP contribution in [-0.4, -0.2) is 16.7 Å². The number of carbonyl (C=O) groups excluding carboxylic acids is 1. The molecule has 0 fully saturated rings. The maximum atomic E-state index is 9.44. The van der Waals surface area contributed by atoms with Gasteiger partial charge in [-0.3, -0.25) is 0 Å². The van der Waals surface area contributed by atoms with Crippen LogP contribution in [0.3, 0.4) is 0 Å². The van der Waals surface area contributed by atoms with Gasteiger partial charge >= 0.3 is 0 Å². The van der Waals surface area contributed by atoms with Gasteiger partial charge < -0.3 is 4.79 Å². The fraction of sp³-hybridized carbons (Fsp3) is 0.667. The summed E-state index contributed by atoms with van der Waals surface area (Å²) in [4.78, 5) is 9.44. The summed E-state index contributed by atoms with van der Waals surface area (Å²) < 4.78 is 0. The number of carbonyl (C=O) groups is 1. The summed E-state index contributed by atoms with van der Waals surface area (Å²) in [6, 6.07) is 0. The van der Waals surface area contributed by atoms with Crippen molar-refractivity contribution in [3.8, 4) is 0 Å². The average molecular weight is 86.2 g/mol. The molecule has 5 heavy (non-hydrogen) atoms. The van der Waals surface area contributed by atoms with Crippen LogP contribution in [0.25, 0.3) is 0 Å². The number of hydrogen-bond donors (Lipinski definition) is 0. The molecule has 0 unspecified atom stereocenters. The van der Waals surface area contributed by atoms with Gasteiger partial charge in [0.25, 0.3) is 0 Å². The standard InChI is InChI=1S/C3H6O.Si/c1-3(2)4;/h1-2H3;. The van der Waals surface area contributed by atoms with Gasteiger partial charge in [0.15, 0.2) is 0 Å². The van der Waals surface area contributed by atoms with Crippen LogP contribution in [0.4, 0.5) is 0 Å². The van der Waals surface area contributed by atoms with Crippen molar-refractivity contribution in [3.05, 3.63) is 0 Å². The summed E-state index contributed by atoms with van der Waals surface area (Å²) in [5.41, 5.74) is 0. The molecular formula is C3H6OSi. The Balaban J connectivity index is 0. The molecule has 0 rings (SSSR count). The smallest absolute Gasteiger partial charge is 0.126 e. The van der Waals surface area contributed by atoms with Crippen LogP contribution >= 0.6 is 0 Å². The molecule has 0 aliphatic rings. The van der Waals surface area contributed by atoms with E-state index in [-0.39, 0.29) is 16.7 Å². The van der Waals surface area contributed by atoms with Crippen LogP contribution in [0.1, 0.15) is 13.8 Å². The van der Waals surface area contributed by atoms with Gasteiger partial charge in [0.05, 0.1) is 0 Å². The largest absolute Gasteiger partial charge is 0.300 e. The molecule has 2 heteroatoms. The zero-order valence-electron chi connectivity index (χ0n) is 3.41. The predicted molar refractivity (Wildman–Crippen MR) is 22.1 cm³/mol. The first-order valence-electron chi connectivity index (χ1n) is 1.20. The first-order chi connectivity index (χ1) is 1.73. The van der Waals surface area contributed by atoms with E-state index in [0.29, 0.717) is 0 Å². The SMILES string of the molecule is CC(C)=O.[Si]. The molecule has 0 aromatic rings. The highest BCUT2D eigenvalue weighted by Gasteiger charge is 1.62. The molecule has 0 saturated heterocycles. The van der Waals surface area contributed by atoms with Crippen molar-refractivity contribution in [1.82, 2.24) is 0 Å². The van der Waals surface area contributed by atoms with Gasteiger partial charge in [-0.2, -0.15) is 0 Å². The molecule has 0 N–H and O–H groups in total. The topological polar surface area (TPSA) is 17.1 Å². The van der Waals surface area contributed by atoms with Crippen molar-refractivity contribution in [3.63, 3.8) is 0 Å². The predicted octanol–water partition coefficient (Wildman–Crippen LogP) is 0.214. The summed E-state index contributed by atoms with van der Waals surface area (Å²) in [5, 5.41) is 0. The van der Waals surface area contributed by atoms with Crippen molar-refractivity contribution in [1.29, 1.82) is 0 Å².